The molecule has 0 atom stereocenters. The van der Waals surface area contributed by atoms with Gasteiger partial charge in [0, 0.05) is 17.2 Å². The number of carbonyl (C=O) groups is 1. The Bertz CT molecular complexity index is 948. The van der Waals surface area contributed by atoms with E-state index in [2.05, 4.69) is 5.10 Å². The molecule has 0 aliphatic rings. The predicted octanol–water partition coefficient (Wildman–Crippen LogP) is 4.04. The van der Waals surface area contributed by atoms with Crippen molar-refractivity contribution < 1.29 is 19.0 Å². The third-order valence-electron chi connectivity index (χ3n) is 4.26. The van der Waals surface area contributed by atoms with Crippen LogP contribution in [0.4, 0.5) is 0 Å². The van der Waals surface area contributed by atoms with Crippen LogP contribution in [0.1, 0.15) is 23.0 Å². The Hall–Kier alpha value is -3.28. The van der Waals surface area contributed by atoms with Gasteiger partial charge < -0.3 is 14.2 Å². The minimum atomic E-state index is -0.446. The van der Waals surface area contributed by atoms with Gasteiger partial charge >= 0.3 is 5.97 Å². The quantitative estimate of drug-likeness (QED) is 0.616. The lowest BCUT2D eigenvalue weighted by Gasteiger charge is -2.13. The Morgan fingerprint density at radius 3 is 2.44 bits per heavy atom. The van der Waals surface area contributed by atoms with Crippen molar-refractivity contribution >= 4 is 5.97 Å². The molecule has 0 unspecified atom stereocenters. The second-order valence-electron chi connectivity index (χ2n) is 5.86. The van der Waals surface area contributed by atoms with Crippen LogP contribution in [0.3, 0.4) is 0 Å². The van der Waals surface area contributed by atoms with Crippen molar-refractivity contribution in [2.45, 2.75) is 13.8 Å². The Morgan fingerprint density at radius 2 is 1.81 bits per heavy atom. The van der Waals surface area contributed by atoms with Crippen molar-refractivity contribution in [1.82, 2.24) is 9.78 Å². The van der Waals surface area contributed by atoms with Gasteiger partial charge in [-0.3, -0.25) is 0 Å². The molecule has 3 rings (SSSR count). The highest BCUT2D eigenvalue weighted by Gasteiger charge is 2.25. The number of esters is 1. The Morgan fingerprint density at radius 1 is 1.07 bits per heavy atom. The van der Waals surface area contributed by atoms with Crippen molar-refractivity contribution in [1.29, 1.82) is 0 Å². The molecule has 0 amide bonds. The van der Waals surface area contributed by atoms with Gasteiger partial charge in [0.2, 0.25) is 0 Å². The number of para-hydroxylation sites is 1. The zero-order chi connectivity index (χ0) is 19.4. The number of aromatic nitrogens is 2. The number of methoxy groups -OCH3 is 2. The van der Waals surface area contributed by atoms with Crippen molar-refractivity contribution in [2.24, 2.45) is 0 Å². The van der Waals surface area contributed by atoms with E-state index in [4.69, 9.17) is 14.2 Å². The third-order valence-corrected chi connectivity index (χ3v) is 4.26. The van der Waals surface area contributed by atoms with Gasteiger partial charge in [-0.1, -0.05) is 18.2 Å². The van der Waals surface area contributed by atoms with Crippen molar-refractivity contribution in [2.75, 3.05) is 20.8 Å². The summed E-state index contributed by atoms with van der Waals surface area (Å²) in [6.07, 6.45) is 0. The molecule has 0 fully saturated rings. The Kier molecular flexibility index (Phi) is 5.45. The van der Waals surface area contributed by atoms with E-state index in [1.54, 1.807) is 31.9 Å². The number of rotatable bonds is 6. The summed E-state index contributed by atoms with van der Waals surface area (Å²) in [6, 6.07) is 15.2. The highest BCUT2D eigenvalue weighted by Crippen LogP contribution is 2.37. The summed E-state index contributed by atoms with van der Waals surface area (Å²) in [5.74, 6) is 0.869. The van der Waals surface area contributed by atoms with Crippen LogP contribution < -0.4 is 9.47 Å². The Labute approximate surface area is 158 Å². The predicted molar refractivity (Wildman–Crippen MR) is 103 cm³/mol. The maximum Gasteiger partial charge on any atom is 0.359 e. The normalized spacial score (nSPS) is 10.5. The maximum atomic E-state index is 12.4. The molecule has 140 valence electrons. The largest absolute Gasteiger partial charge is 0.497 e. The van der Waals surface area contributed by atoms with Crippen LogP contribution in [0.15, 0.2) is 48.5 Å². The molecular weight excluding hydrogens is 344 g/mol. The fourth-order valence-corrected chi connectivity index (χ4v) is 2.96. The van der Waals surface area contributed by atoms with Gasteiger partial charge in [-0.2, -0.15) is 5.10 Å². The first-order valence-electron chi connectivity index (χ1n) is 8.65. The van der Waals surface area contributed by atoms with Gasteiger partial charge in [0.1, 0.15) is 11.5 Å². The third kappa shape index (κ3) is 3.51. The van der Waals surface area contributed by atoms with Crippen LogP contribution in [0, 0.1) is 6.92 Å². The fraction of sp³-hybridized carbons (Fsp3) is 0.238. The SMILES string of the molecule is CCOC(=O)c1nn(-c2ccccc2)c(-c2ccc(OC)cc2OC)c1C. The minimum Gasteiger partial charge on any atom is -0.497 e. The van der Waals surface area contributed by atoms with E-state index in [0.717, 1.165) is 22.5 Å². The van der Waals surface area contributed by atoms with Crippen LogP contribution in [0.25, 0.3) is 16.9 Å². The van der Waals surface area contributed by atoms with Crippen molar-refractivity contribution in [3.05, 3.63) is 59.8 Å². The van der Waals surface area contributed by atoms with E-state index in [9.17, 15) is 4.79 Å². The number of nitrogens with zero attached hydrogens (tertiary/aromatic N) is 2. The number of hydrogen-bond donors (Lipinski definition) is 0. The fourth-order valence-electron chi connectivity index (χ4n) is 2.96. The summed E-state index contributed by atoms with van der Waals surface area (Å²) in [5, 5.41) is 4.55. The number of hydrogen-bond acceptors (Lipinski definition) is 5. The molecule has 6 nitrogen and oxygen atoms in total. The molecule has 0 aliphatic heterocycles. The van der Waals surface area contributed by atoms with E-state index in [-0.39, 0.29) is 12.3 Å². The average molecular weight is 366 g/mol. The highest BCUT2D eigenvalue weighted by molar-refractivity contribution is 5.92. The summed E-state index contributed by atoms with van der Waals surface area (Å²) in [7, 11) is 3.20. The van der Waals surface area contributed by atoms with Gasteiger partial charge in [-0.25, -0.2) is 9.48 Å². The zero-order valence-electron chi connectivity index (χ0n) is 15.9. The van der Waals surface area contributed by atoms with Crippen molar-refractivity contribution in [3.8, 4) is 28.4 Å². The van der Waals surface area contributed by atoms with Gasteiger partial charge in [-0.15, -0.1) is 0 Å². The molecular formula is C21H22N2O4. The topological polar surface area (TPSA) is 62.6 Å². The summed E-state index contributed by atoms with van der Waals surface area (Å²) in [5.41, 5.74) is 3.42. The summed E-state index contributed by atoms with van der Waals surface area (Å²) >= 11 is 0. The van der Waals surface area contributed by atoms with E-state index in [1.165, 1.54) is 0 Å². The molecule has 1 heterocycles. The first-order valence-corrected chi connectivity index (χ1v) is 8.65. The molecule has 3 aromatic rings. The second-order valence-corrected chi connectivity index (χ2v) is 5.86. The van der Waals surface area contributed by atoms with Crippen LogP contribution in [-0.2, 0) is 4.74 Å². The lowest BCUT2D eigenvalue weighted by atomic mass is 10.0. The molecule has 0 saturated heterocycles. The molecule has 0 spiro atoms. The van der Waals surface area contributed by atoms with Gasteiger partial charge in [-0.05, 0) is 38.1 Å². The van der Waals surface area contributed by atoms with Crippen LogP contribution in [0.2, 0.25) is 0 Å². The second kappa shape index (κ2) is 7.95. The smallest absolute Gasteiger partial charge is 0.359 e. The molecule has 0 saturated carbocycles. The number of carbonyl (C=O) groups excluding carboxylic acids is 1. The van der Waals surface area contributed by atoms with E-state index < -0.39 is 5.97 Å². The van der Waals surface area contributed by atoms with E-state index in [0.29, 0.717) is 11.5 Å². The van der Waals surface area contributed by atoms with E-state index in [1.807, 2.05) is 49.4 Å². The molecule has 6 heteroatoms. The summed E-state index contributed by atoms with van der Waals surface area (Å²) in [6.45, 7) is 3.92. The standard InChI is InChI=1S/C21H22N2O4/c1-5-27-21(24)19-14(2)20(23(22-19)15-9-7-6-8-10-15)17-12-11-16(25-3)13-18(17)26-4/h6-13H,5H2,1-4H3. The molecule has 0 bridgehead atoms. The number of ether oxygens (including phenoxy) is 3. The van der Waals surface area contributed by atoms with E-state index >= 15 is 0 Å². The van der Waals surface area contributed by atoms with Gasteiger partial charge in [0.15, 0.2) is 5.69 Å². The number of benzene rings is 2. The zero-order valence-corrected chi connectivity index (χ0v) is 15.9. The first-order chi connectivity index (χ1) is 13.1. The lowest BCUT2D eigenvalue weighted by Crippen LogP contribution is -2.07. The minimum absolute atomic E-state index is 0.286. The summed E-state index contributed by atoms with van der Waals surface area (Å²) in [4.78, 5) is 12.4. The summed E-state index contributed by atoms with van der Waals surface area (Å²) < 4.78 is 17.8. The van der Waals surface area contributed by atoms with Crippen molar-refractivity contribution in [3.63, 3.8) is 0 Å². The average Bonchev–Trinajstić information content (AvgIpc) is 3.05. The Balaban J connectivity index is 2.26. The highest BCUT2D eigenvalue weighted by atomic mass is 16.5. The molecule has 0 aliphatic carbocycles. The van der Waals surface area contributed by atoms with Gasteiger partial charge in [0.25, 0.3) is 0 Å². The van der Waals surface area contributed by atoms with Gasteiger partial charge in [0.05, 0.1) is 32.2 Å². The van der Waals surface area contributed by atoms with Crippen LogP contribution in [-0.4, -0.2) is 36.6 Å². The molecule has 27 heavy (non-hydrogen) atoms. The molecule has 1 aromatic heterocycles. The molecule has 2 aromatic carbocycles. The monoisotopic (exact) mass is 366 g/mol. The lowest BCUT2D eigenvalue weighted by molar-refractivity contribution is 0.0518. The van der Waals surface area contributed by atoms with Crippen LogP contribution in [0.5, 0.6) is 11.5 Å². The first kappa shape index (κ1) is 18.5. The maximum absolute atomic E-state index is 12.4. The molecule has 0 radical (unpaired) electrons. The van der Waals surface area contributed by atoms with Crippen LogP contribution >= 0.6 is 0 Å². The molecule has 0 N–H and O–H groups in total.